The molecule has 84 valence electrons. The van der Waals surface area contributed by atoms with Gasteiger partial charge in [0.05, 0.1) is 28.1 Å². The standard InChI is InChI=1S/C10H12N4OS/c1-14(4-8(11)15)6-2-3-7-10(9(6)12)13-5-16-7/h2-3,5H,4,12H2,1H3,(H2,11,15). The first-order valence-electron chi connectivity index (χ1n) is 4.70. The summed E-state index contributed by atoms with van der Waals surface area (Å²) in [5, 5.41) is 0. The molecular formula is C10H12N4OS. The van der Waals surface area contributed by atoms with Gasteiger partial charge < -0.3 is 16.4 Å². The summed E-state index contributed by atoms with van der Waals surface area (Å²) in [5.74, 6) is -0.389. The number of amides is 1. The molecule has 5 nitrogen and oxygen atoms in total. The SMILES string of the molecule is CN(CC(N)=O)c1ccc2scnc2c1N. The monoisotopic (exact) mass is 236 g/mol. The number of carbonyl (C=O) groups excluding carboxylic acids is 1. The van der Waals surface area contributed by atoms with Crippen molar-refractivity contribution in [2.75, 3.05) is 24.2 Å². The van der Waals surface area contributed by atoms with Gasteiger partial charge >= 0.3 is 0 Å². The zero-order chi connectivity index (χ0) is 11.7. The number of nitrogens with two attached hydrogens (primary N) is 2. The molecule has 0 fully saturated rings. The zero-order valence-corrected chi connectivity index (χ0v) is 9.62. The van der Waals surface area contributed by atoms with E-state index in [4.69, 9.17) is 11.5 Å². The Labute approximate surface area is 96.7 Å². The van der Waals surface area contributed by atoms with Crippen molar-refractivity contribution in [1.29, 1.82) is 0 Å². The average Bonchev–Trinajstić information content (AvgIpc) is 2.65. The molecule has 2 aromatic rings. The predicted molar refractivity (Wildman–Crippen MR) is 66.5 cm³/mol. The molecule has 0 atom stereocenters. The molecule has 1 amide bonds. The summed E-state index contributed by atoms with van der Waals surface area (Å²) in [6.45, 7) is 0.139. The van der Waals surface area contributed by atoms with Crippen LogP contribution in [0.2, 0.25) is 0 Å². The van der Waals surface area contributed by atoms with E-state index in [1.807, 2.05) is 12.1 Å². The van der Waals surface area contributed by atoms with E-state index in [0.29, 0.717) is 5.69 Å². The molecule has 16 heavy (non-hydrogen) atoms. The van der Waals surface area contributed by atoms with Crippen molar-refractivity contribution >= 4 is 38.8 Å². The van der Waals surface area contributed by atoms with Gasteiger partial charge in [-0.15, -0.1) is 11.3 Å². The molecule has 6 heteroatoms. The highest BCUT2D eigenvalue weighted by atomic mass is 32.1. The highest BCUT2D eigenvalue weighted by Gasteiger charge is 2.11. The van der Waals surface area contributed by atoms with Crippen LogP contribution in [0.5, 0.6) is 0 Å². The van der Waals surface area contributed by atoms with E-state index in [1.165, 1.54) is 11.3 Å². The lowest BCUT2D eigenvalue weighted by Crippen LogP contribution is -2.30. The number of hydrogen-bond donors (Lipinski definition) is 2. The Bertz CT molecular complexity index is 537. The van der Waals surface area contributed by atoms with Crippen LogP contribution in [-0.4, -0.2) is 24.5 Å². The van der Waals surface area contributed by atoms with Crippen LogP contribution in [0.3, 0.4) is 0 Å². The molecule has 0 saturated carbocycles. The van der Waals surface area contributed by atoms with E-state index in [2.05, 4.69) is 4.98 Å². The van der Waals surface area contributed by atoms with Crippen LogP contribution >= 0.6 is 11.3 Å². The Balaban J connectivity index is 2.44. The van der Waals surface area contributed by atoms with Gasteiger partial charge in [0.2, 0.25) is 5.91 Å². The van der Waals surface area contributed by atoms with E-state index in [1.54, 1.807) is 17.5 Å². The third kappa shape index (κ3) is 1.79. The molecule has 0 aliphatic carbocycles. The number of nitrogens with zero attached hydrogens (tertiary/aromatic N) is 2. The fourth-order valence-electron chi connectivity index (χ4n) is 1.59. The minimum Gasteiger partial charge on any atom is -0.395 e. The summed E-state index contributed by atoms with van der Waals surface area (Å²) in [5.41, 5.74) is 15.0. The molecule has 1 aromatic heterocycles. The van der Waals surface area contributed by atoms with Gasteiger partial charge in [0.25, 0.3) is 0 Å². The summed E-state index contributed by atoms with van der Waals surface area (Å²) >= 11 is 1.53. The Morgan fingerprint density at radius 3 is 3.00 bits per heavy atom. The Hall–Kier alpha value is -1.82. The lowest BCUT2D eigenvalue weighted by atomic mass is 10.2. The Kier molecular flexibility index (Phi) is 2.66. The summed E-state index contributed by atoms with van der Waals surface area (Å²) in [6, 6.07) is 3.81. The molecule has 0 saturated heterocycles. The highest BCUT2D eigenvalue weighted by Crippen LogP contribution is 2.31. The number of carbonyl (C=O) groups is 1. The van der Waals surface area contributed by atoms with Gasteiger partial charge in [-0.1, -0.05) is 0 Å². The minimum absolute atomic E-state index is 0.139. The van der Waals surface area contributed by atoms with Crippen molar-refractivity contribution in [3.63, 3.8) is 0 Å². The second kappa shape index (κ2) is 3.97. The van der Waals surface area contributed by atoms with Crippen molar-refractivity contribution < 1.29 is 4.79 Å². The van der Waals surface area contributed by atoms with Crippen LogP contribution < -0.4 is 16.4 Å². The number of fused-ring (bicyclic) bond motifs is 1. The van der Waals surface area contributed by atoms with Crippen LogP contribution in [0.1, 0.15) is 0 Å². The zero-order valence-electron chi connectivity index (χ0n) is 8.80. The number of benzene rings is 1. The summed E-state index contributed by atoms with van der Waals surface area (Å²) in [4.78, 5) is 16.7. The second-order valence-electron chi connectivity index (χ2n) is 3.52. The van der Waals surface area contributed by atoms with Crippen molar-refractivity contribution in [3.8, 4) is 0 Å². The number of aromatic nitrogens is 1. The first kappa shape index (κ1) is 10.7. The van der Waals surface area contributed by atoms with E-state index >= 15 is 0 Å². The van der Waals surface area contributed by atoms with Crippen LogP contribution in [-0.2, 0) is 4.79 Å². The number of primary amides is 1. The first-order valence-corrected chi connectivity index (χ1v) is 5.58. The first-order chi connectivity index (χ1) is 7.59. The third-order valence-corrected chi connectivity index (χ3v) is 3.12. The van der Waals surface area contributed by atoms with Gasteiger partial charge in [-0.05, 0) is 12.1 Å². The van der Waals surface area contributed by atoms with Gasteiger partial charge in [0.15, 0.2) is 0 Å². The number of hydrogen-bond acceptors (Lipinski definition) is 5. The van der Waals surface area contributed by atoms with Gasteiger partial charge in [-0.2, -0.15) is 0 Å². The second-order valence-corrected chi connectivity index (χ2v) is 4.41. The number of nitrogen functional groups attached to an aromatic ring is 1. The highest BCUT2D eigenvalue weighted by molar-refractivity contribution is 7.16. The fourth-order valence-corrected chi connectivity index (χ4v) is 2.29. The van der Waals surface area contributed by atoms with Crippen molar-refractivity contribution in [1.82, 2.24) is 4.98 Å². The Morgan fingerprint density at radius 2 is 2.31 bits per heavy atom. The van der Waals surface area contributed by atoms with E-state index in [0.717, 1.165) is 15.9 Å². The fraction of sp³-hybridized carbons (Fsp3) is 0.200. The maximum absolute atomic E-state index is 10.8. The Morgan fingerprint density at radius 1 is 1.56 bits per heavy atom. The average molecular weight is 236 g/mol. The smallest absolute Gasteiger partial charge is 0.236 e. The number of likely N-dealkylation sites (N-methyl/N-ethyl adjacent to an activating group) is 1. The third-order valence-electron chi connectivity index (χ3n) is 2.32. The summed E-state index contributed by atoms with van der Waals surface area (Å²) in [6.07, 6.45) is 0. The molecule has 0 bridgehead atoms. The summed E-state index contributed by atoms with van der Waals surface area (Å²) < 4.78 is 1.04. The van der Waals surface area contributed by atoms with Gasteiger partial charge in [-0.25, -0.2) is 4.98 Å². The molecule has 4 N–H and O–H groups in total. The number of anilines is 2. The molecule has 0 radical (unpaired) electrons. The van der Waals surface area contributed by atoms with Crippen LogP contribution in [0.25, 0.3) is 10.2 Å². The van der Waals surface area contributed by atoms with Crippen LogP contribution in [0.15, 0.2) is 17.6 Å². The quantitative estimate of drug-likeness (QED) is 0.772. The van der Waals surface area contributed by atoms with Crippen molar-refractivity contribution in [2.24, 2.45) is 5.73 Å². The maximum atomic E-state index is 10.8. The predicted octanol–water partition coefficient (Wildman–Crippen LogP) is 0.800. The van der Waals surface area contributed by atoms with Gasteiger partial charge in [0, 0.05) is 7.05 Å². The van der Waals surface area contributed by atoms with Crippen molar-refractivity contribution in [2.45, 2.75) is 0 Å². The van der Waals surface area contributed by atoms with Gasteiger partial charge in [-0.3, -0.25) is 4.79 Å². The van der Waals surface area contributed by atoms with E-state index in [-0.39, 0.29) is 12.5 Å². The molecule has 2 rings (SSSR count). The lowest BCUT2D eigenvalue weighted by molar-refractivity contribution is -0.116. The number of rotatable bonds is 3. The van der Waals surface area contributed by atoms with Crippen LogP contribution in [0.4, 0.5) is 11.4 Å². The van der Waals surface area contributed by atoms with E-state index < -0.39 is 0 Å². The molecule has 1 heterocycles. The minimum atomic E-state index is -0.389. The van der Waals surface area contributed by atoms with Crippen LogP contribution in [0, 0.1) is 0 Å². The van der Waals surface area contributed by atoms with Gasteiger partial charge in [0.1, 0.15) is 5.52 Å². The van der Waals surface area contributed by atoms with E-state index in [9.17, 15) is 4.79 Å². The molecule has 0 aliphatic heterocycles. The molecule has 0 unspecified atom stereocenters. The molecule has 0 aliphatic rings. The molecule has 0 spiro atoms. The molecule has 1 aromatic carbocycles. The number of thiazole rings is 1. The topological polar surface area (TPSA) is 85.2 Å². The largest absolute Gasteiger partial charge is 0.395 e. The molecular weight excluding hydrogens is 224 g/mol. The van der Waals surface area contributed by atoms with Crippen molar-refractivity contribution in [3.05, 3.63) is 17.6 Å². The summed E-state index contributed by atoms with van der Waals surface area (Å²) in [7, 11) is 1.77. The normalized spacial score (nSPS) is 10.6. The maximum Gasteiger partial charge on any atom is 0.236 e. The lowest BCUT2D eigenvalue weighted by Gasteiger charge is -2.19.